The van der Waals surface area contributed by atoms with Crippen molar-refractivity contribution in [2.24, 2.45) is 0 Å². The number of aryl methyl sites for hydroxylation is 2. The van der Waals surface area contributed by atoms with Gasteiger partial charge in [-0.3, -0.25) is 9.59 Å². The number of rotatable bonds is 6. The van der Waals surface area contributed by atoms with Gasteiger partial charge in [-0.05, 0) is 31.5 Å². The molecule has 2 N–H and O–H groups in total. The predicted octanol–water partition coefficient (Wildman–Crippen LogP) is 4.55. The van der Waals surface area contributed by atoms with E-state index >= 15 is 0 Å². The highest BCUT2D eigenvalue weighted by Crippen LogP contribution is 2.21. The second kappa shape index (κ2) is 8.71. The molecule has 28 heavy (non-hydrogen) atoms. The number of carbonyl (C=O) groups excluding carboxylic acids is 2. The Morgan fingerprint density at radius 3 is 2.50 bits per heavy atom. The van der Waals surface area contributed by atoms with E-state index in [4.69, 9.17) is 0 Å². The fraction of sp³-hybridized carbons (Fsp3) is 0.150. The summed E-state index contributed by atoms with van der Waals surface area (Å²) in [5.41, 5.74) is 0.635. The molecule has 0 aliphatic carbocycles. The van der Waals surface area contributed by atoms with Gasteiger partial charge in [0.15, 0.2) is 0 Å². The van der Waals surface area contributed by atoms with Crippen molar-refractivity contribution in [3.63, 3.8) is 0 Å². The van der Waals surface area contributed by atoms with E-state index < -0.39 is 23.4 Å². The lowest BCUT2D eigenvalue weighted by atomic mass is 10.1. The molecule has 0 unspecified atom stereocenters. The Bertz CT molecular complexity index is 1010. The van der Waals surface area contributed by atoms with Crippen molar-refractivity contribution in [1.29, 1.82) is 0 Å². The summed E-state index contributed by atoms with van der Waals surface area (Å²) >= 11 is 1.48. The zero-order chi connectivity index (χ0) is 20.1. The Kier molecular flexibility index (Phi) is 6.10. The molecule has 1 aromatic heterocycles. The van der Waals surface area contributed by atoms with E-state index in [1.165, 1.54) is 11.3 Å². The van der Waals surface area contributed by atoms with Gasteiger partial charge in [0.05, 0.1) is 22.0 Å². The molecule has 0 saturated carbocycles. The molecule has 1 heterocycles. The zero-order valence-corrected chi connectivity index (χ0v) is 15.8. The van der Waals surface area contributed by atoms with Crippen molar-refractivity contribution in [3.8, 4) is 0 Å². The first-order chi connectivity index (χ1) is 13.4. The number of halogens is 2. The van der Waals surface area contributed by atoms with Crippen molar-refractivity contribution in [2.45, 2.75) is 19.8 Å². The minimum atomic E-state index is -1.01. The van der Waals surface area contributed by atoms with Gasteiger partial charge in [-0.1, -0.05) is 18.2 Å². The van der Waals surface area contributed by atoms with Crippen molar-refractivity contribution in [1.82, 2.24) is 4.98 Å². The normalized spacial score (nSPS) is 10.5. The van der Waals surface area contributed by atoms with E-state index in [1.807, 2.05) is 12.3 Å². The summed E-state index contributed by atoms with van der Waals surface area (Å²) in [6, 6.07) is 10.1. The number of anilines is 2. The minimum absolute atomic E-state index is 0.0888. The molecule has 8 heteroatoms. The lowest BCUT2D eigenvalue weighted by Gasteiger charge is -2.10. The van der Waals surface area contributed by atoms with Crippen LogP contribution < -0.4 is 10.6 Å². The fourth-order valence-electron chi connectivity index (χ4n) is 2.52. The Balaban J connectivity index is 1.69. The molecule has 3 rings (SSSR count). The molecule has 0 spiro atoms. The van der Waals surface area contributed by atoms with Gasteiger partial charge in [0.1, 0.15) is 11.6 Å². The van der Waals surface area contributed by atoms with Crippen LogP contribution in [0.3, 0.4) is 0 Å². The molecule has 2 amide bonds. The highest BCUT2D eigenvalue weighted by molar-refractivity contribution is 7.09. The van der Waals surface area contributed by atoms with Gasteiger partial charge in [-0.25, -0.2) is 13.8 Å². The molecule has 3 aromatic rings. The van der Waals surface area contributed by atoms with Crippen LogP contribution in [-0.4, -0.2) is 16.8 Å². The maximum absolute atomic E-state index is 14.1. The molecule has 0 saturated heterocycles. The summed E-state index contributed by atoms with van der Waals surface area (Å²) in [6.07, 6.45) is 0.492. The van der Waals surface area contributed by atoms with Gasteiger partial charge < -0.3 is 10.6 Å². The summed E-state index contributed by atoms with van der Waals surface area (Å²) in [5, 5.41) is 7.67. The number of amides is 2. The molecular formula is C20H17F2N3O2S. The zero-order valence-electron chi connectivity index (χ0n) is 15.0. The first kappa shape index (κ1) is 19.6. The monoisotopic (exact) mass is 401 g/mol. The van der Waals surface area contributed by atoms with Gasteiger partial charge in [-0.15, -0.1) is 11.3 Å². The highest BCUT2D eigenvalue weighted by Gasteiger charge is 2.18. The number of thiazole rings is 1. The molecular weight excluding hydrogens is 384 g/mol. The molecule has 0 aliphatic heterocycles. The number of hydrogen-bond acceptors (Lipinski definition) is 4. The summed E-state index contributed by atoms with van der Waals surface area (Å²) in [6.45, 7) is 1.87. The maximum atomic E-state index is 14.1. The van der Waals surface area contributed by atoms with Crippen LogP contribution in [-0.2, 0) is 11.2 Å². The third kappa shape index (κ3) is 4.98. The lowest BCUT2D eigenvalue weighted by Crippen LogP contribution is -2.17. The number of aromatic nitrogens is 1. The summed E-state index contributed by atoms with van der Waals surface area (Å²) in [4.78, 5) is 28.7. The van der Waals surface area contributed by atoms with E-state index in [9.17, 15) is 18.4 Å². The predicted molar refractivity (Wildman–Crippen MR) is 105 cm³/mol. The first-order valence-corrected chi connectivity index (χ1v) is 9.36. The minimum Gasteiger partial charge on any atom is -0.324 e. The molecule has 0 atom stereocenters. The van der Waals surface area contributed by atoms with Crippen molar-refractivity contribution >= 4 is 34.5 Å². The second-order valence-electron chi connectivity index (χ2n) is 6.04. The van der Waals surface area contributed by atoms with Crippen LogP contribution in [0.25, 0.3) is 0 Å². The lowest BCUT2D eigenvalue weighted by molar-refractivity contribution is -0.116. The van der Waals surface area contributed by atoms with E-state index in [2.05, 4.69) is 15.6 Å². The highest BCUT2D eigenvalue weighted by atomic mass is 32.1. The van der Waals surface area contributed by atoms with Gasteiger partial charge in [0.25, 0.3) is 5.91 Å². The smallest absolute Gasteiger partial charge is 0.258 e. The van der Waals surface area contributed by atoms with Crippen molar-refractivity contribution in [3.05, 3.63) is 75.7 Å². The Labute approximate surface area is 164 Å². The average Bonchev–Trinajstić information content (AvgIpc) is 3.08. The number of hydrogen-bond donors (Lipinski definition) is 2. The van der Waals surface area contributed by atoms with Crippen LogP contribution in [0.1, 0.15) is 27.5 Å². The number of benzene rings is 2. The molecule has 144 valence electrons. The Morgan fingerprint density at radius 1 is 1.07 bits per heavy atom. The molecule has 0 aliphatic rings. The third-order valence-electron chi connectivity index (χ3n) is 3.88. The van der Waals surface area contributed by atoms with Crippen LogP contribution in [0.4, 0.5) is 20.2 Å². The van der Waals surface area contributed by atoms with Gasteiger partial charge in [0.2, 0.25) is 5.91 Å². The Hall–Kier alpha value is -3.13. The van der Waals surface area contributed by atoms with Gasteiger partial charge in [0, 0.05) is 23.6 Å². The number of carbonyl (C=O) groups is 2. The van der Waals surface area contributed by atoms with Gasteiger partial charge >= 0.3 is 0 Å². The molecule has 2 aromatic carbocycles. The molecule has 0 fully saturated rings. The molecule has 0 radical (unpaired) electrons. The van der Waals surface area contributed by atoms with Crippen LogP contribution in [0.5, 0.6) is 0 Å². The number of para-hydroxylation sites is 1. The van der Waals surface area contributed by atoms with Gasteiger partial charge in [-0.2, -0.15) is 0 Å². The van der Waals surface area contributed by atoms with E-state index in [0.29, 0.717) is 18.2 Å². The SMILES string of the molecule is Cc1nc(CCC(=O)Nc2cc(C(=O)Nc3ccccc3)c(F)cc2F)cs1. The number of nitrogens with zero attached hydrogens (tertiary/aromatic N) is 1. The van der Waals surface area contributed by atoms with Crippen LogP contribution in [0.2, 0.25) is 0 Å². The van der Waals surface area contributed by atoms with Crippen molar-refractivity contribution < 1.29 is 18.4 Å². The summed E-state index contributed by atoms with van der Waals surface area (Å²) in [5.74, 6) is -3.16. The van der Waals surface area contributed by atoms with E-state index in [-0.39, 0.29) is 17.7 Å². The number of nitrogens with one attached hydrogen (secondary N) is 2. The van der Waals surface area contributed by atoms with E-state index in [1.54, 1.807) is 30.3 Å². The Morgan fingerprint density at radius 2 is 1.82 bits per heavy atom. The first-order valence-electron chi connectivity index (χ1n) is 8.48. The summed E-state index contributed by atoms with van der Waals surface area (Å²) in [7, 11) is 0. The van der Waals surface area contributed by atoms with Crippen molar-refractivity contribution in [2.75, 3.05) is 10.6 Å². The van der Waals surface area contributed by atoms with Crippen LogP contribution in [0, 0.1) is 18.6 Å². The average molecular weight is 401 g/mol. The van der Waals surface area contributed by atoms with Crippen LogP contribution >= 0.6 is 11.3 Å². The topological polar surface area (TPSA) is 71.1 Å². The molecule has 5 nitrogen and oxygen atoms in total. The van der Waals surface area contributed by atoms with E-state index in [0.717, 1.165) is 16.8 Å². The molecule has 0 bridgehead atoms. The maximum Gasteiger partial charge on any atom is 0.258 e. The largest absolute Gasteiger partial charge is 0.324 e. The standard InChI is InChI=1S/C20H17F2N3O2S/c1-12-23-14(11-28-12)7-8-19(26)25-18-9-15(16(21)10-17(18)22)20(27)24-13-5-3-2-4-6-13/h2-6,9-11H,7-8H2,1H3,(H,24,27)(H,25,26). The third-order valence-corrected chi connectivity index (χ3v) is 4.70. The summed E-state index contributed by atoms with van der Waals surface area (Å²) < 4.78 is 28.1. The fourth-order valence-corrected chi connectivity index (χ4v) is 3.16. The quantitative estimate of drug-likeness (QED) is 0.636. The second-order valence-corrected chi connectivity index (χ2v) is 7.10. The van der Waals surface area contributed by atoms with Crippen LogP contribution in [0.15, 0.2) is 47.8 Å².